The van der Waals surface area contributed by atoms with Crippen LogP contribution in [0.15, 0.2) is 11.6 Å². The number of carbonyl (C=O) groups is 1. The van der Waals surface area contributed by atoms with Crippen molar-refractivity contribution in [3.8, 4) is 0 Å². The molecule has 0 aromatic rings. The van der Waals surface area contributed by atoms with Crippen LogP contribution in [0.5, 0.6) is 0 Å². The van der Waals surface area contributed by atoms with Crippen molar-refractivity contribution in [2.24, 2.45) is 40.4 Å². The van der Waals surface area contributed by atoms with Crippen molar-refractivity contribution in [2.75, 3.05) is 0 Å². The van der Waals surface area contributed by atoms with Crippen LogP contribution in [0.25, 0.3) is 0 Å². The van der Waals surface area contributed by atoms with Crippen LogP contribution in [0, 0.1) is 40.4 Å². The Labute approximate surface area is 190 Å². The fourth-order valence-electron chi connectivity index (χ4n) is 8.82. The van der Waals surface area contributed by atoms with Crippen molar-refractivity contribution < 1.29 is 14.6 Å². The van der Waals surface area contributed by atoms with Gasteiger partial charge in [0.05, 0.1) is 11.7 Å². The van der Waals surface area contributed by atoms with Crippen molar-refractivity contribution in [1.82, 2.24) is 0 Å². The number of carbonyl (C=O) groups excluding carboxylic acids is 1. The number of allylic oxidation sites excluding steroid dienone is 1. The molecule has 0 amide bonds. The maximum absolute atomic E-state index is 11.2. The largest absolute Gasteiger partial charge is 0.463 e. The van der Waals surface area contributed by atoms with E-state index in [9.17, 15) is 9.90 Å². The normalized spacial score (nSPS) is 46.2. The van der Waals surface area contributed by atoms with Crippen molar-refractivity contribution in [3.63, 3.8) is 0 Å². The third-order valence-electron chi connectivity index (χ3n) is 10.5. The molecule has 0 bridgehead atoms. The Morgan fingerprint density at radius 2 is 1.84 bits per heavy atom. The molecule has 0 radical (unpaired) electrons. The molecule has 0 unspecified atom stereocenters. The molecule has 31 heavy (non-hydrogen) atoms. The van der Waals surface area contributed by atoms with Gasteiger partial charge in [0, 0.05) is 6.92 Å². The summed E-state index contributed by atoms with van der Waals surface area (Å²) >= 11 is 0. The van der Waals surface area contributed by atoms with Crippen LogP contribution in [0.3, 0.4) is 0 Å². The molecule has 0 saturated heterocycles. The molecule has 0 aliphatic heterocycles. The fraction of sp³-hybridized carbons (Fsp3) is 0.893. The molecule has 4 rings (SSSR count). The molecular weight excluding hydrogens is 384 g/mol. The van der Waals surface area contributed by atoms with Crippen LogP contribution in [0.2, 0.25) is 0 Å². The molecule has 3 fully saturated rings. The molecule has 3 nitrogen and oxygen atoms in total. The Kier molecular flexibility index (Phi) is 6.16. The predicted octanol–water partition coefficient (Wildman–Crippen LogP) is 6.68. The second-order valence-corrected chi connectivity index (χ2v) is 12.6. The minimum Gasteiger partial charge on any atom is -0.463 e. The molecule has 4 aliphatic carbocycles. The number of ether oxygens (including phenoxy) is 1. The van der Waals surface area contributed by atoms with Crippen LogP contribution in [0.4, 0.5) is 0 Å². The topological polar surface area (TPSA) is 46.5 Å². The number of hydrogen-bond donors (Lipinski definition) is 1. The van der Waals surface area contributed by atoms with E-state index in [1.807, 2.05) is 13.8 Å². The van der Waals surface area contributed by atoms with Gasteiger partial charge in [-0.25, -0.2) is 0 Å². The van der Waals surface area contributed by atoms with Crippen LogP contribution >= 0.6 is 0 Å². The SMILES string of the molecule is CC(=O)O[C@@H](C)CC[C@@H](C)[C@H]1CC[C@H]2[C@@H]3CC=C4C[C@@](C)(O)CC[C@]4(C)[C@H]3CC[C@]12C. The smallest absolute Gasteiger partial charge is 0.302 e. The van der Waals surface area contributed by atoms with Gasteiger partial charge < -0.3 is 9.84 Å². The monoisotopic (exact) mass is 430 g/mol. The summed E-state index contributed by atoms with van der Waals surface area (Å²) in [7, 11) is 0. The molecule has 1 N–H and O–H groups in total. The number of fused-ring (bicyclic) bond motifs is 5. The van der Waals surface area contributed by atoms with E-state index in [2.05, 4.69) is 26.8 Å². The van der Waals surface area contributed by atoms with E-state index in [1.165, 1.54) is 39.0 Å². The highest BCUT2D eigenvalue weighted by molar-refractivity contribution is 5.66. The van der Waals surface area contributed by atoms with Crippen molar-refractivity contribution in [2.45, 2.75) is 117 Å². The molecule has 3 saturated carbocycles. The molecule has 0 aromatic carbocycles. The van der Waals surface area contributed by atoms with E-state index in [-0.39, 0.29) is 12.1 Å². The Hall–Kier alpha value is -0.830. The Morgan fingerprint density at radius 1 is 1.10 bits per heavy atom. The van der Waals surface area contributed by atoms with E-state index in [0.29, 0.717) is 16.7 Å². The minimum atomic E-state index is -0.502. The highest BCUT2D eigenvalue weighted by atomic mass is 16.5. The van der Waals surface area contributed by atoms with Crippen molar-refractivity contribution in [3.05, 3.63) is 11.6 Å². The Bertz CT molecular complexity index is 724. The van der Waals surface area contributed by atoms with Gasteiger partial charge >= 0.3 is 5.97 Å². The van der Waals surface area contributed by atoms with Crippen LogP contribution in [-0.2, 0) is 9.53 Å². The molecule has 9 atom stereocenters. The summed E-state index contributed by atoms with van der Waals surface area (Å²) in [6.07, 6.45) is 14.4. The number of rotatable bonds is 5. The van der Waals surface area contributed by atoms with Gasteiger partial charge in [-0.2, -0.15) is 0 Å². The summed E-state index contributed by atoms with van der Waals surface area (Å²) in [5, 5.41) is 10.7. The van der Waals surface area contributed by atoms with Crippen LogP contribution in [-0.4, -0.2) is 22.8 Å². The van der Waals surface area contributed by atoms with Gasteiger partial charge in [0.2, 0.25) is 0 Å². The first-order chi connectivity index (χ1) is 14.5. The van der Waals surface area contributed by atoms with Gasteiger partial charge in [0.15, 0.2) is 0 Å². The summed E-state index contributed by atoms with van der Waals surface area (Å²) in [6.45, 7) is 13.2. The molecule has 3 heteroatoms. The minimum absolute atomic E-state index is 0.0334. The summed E-state index contributed by atoms with van der Waals surface area (Å²) in [6, 6.07) is 0. The first kappa shape index (κ1) is 23.3. The number of aliphatic hydroxyl groups is 1. The second-order valence-electron chi connectivity index (χ2n) is 12.6. The lowest BCUT2D eigenvalue weighted by Gasteiger charge is -2.59. The van der Waals surface area contributed by atoms with E-state index >= 15 is 0 Å². The average molecular weight is 431 g/mol. The van der Waals surface area contributed by atoms with E-state index in [0.717, 1.165) is 55.8 Å². The van der Waals surface area contributed by atoms with Crippen LogP contribution in [0.1, 0.15) is 106 Å². The lowest BCUT2D eigenvalue weighted by Crippen LogP contribution is -2.52. The third kappa shape index (κ3) is 4.13. The summed E-state index contributed by atoms with van der Waals surface area (Å²) in [4.78, 5) is 11.2. The van der Waals surface area contributed by atoms with Gasteiger partial charge in [0.1, 0.15) is 0 Å². The molecular formula is C28H46O3. The fourth-order valence-corrected chi connectivity index (χ4v) is 8.82. The van der Waals surface area contributed by atoms with Crippen molar-refractivity contribution >= 4 is 5.97 Å². The van der Waals surface area contributed by atoms with E-state index < -0.39 is 5.60 Å². The van der Waals surface area contributed by atoms with Crippen LogP contribution < -0.4 is 0 Å². The lowest BCUT2D eigenvalue weighted by atomic mass is 9.46. The quantitative estimate of drug-likeness (QED) is 0.391. The highest BCUT2D eigenvalue weighted by Gasteiger charge is 2.59. The molecule has 4 aliphatic rings. The zero-order valence-corrected chi connectivity index (χ0v) is 20.9. The molecule has 0 aromatic heterocycles. The maximum Gasteiger partial charge on any atom is 0.302 e. The summed E-state index contributed by atoms with van der Waals surface area (Å²) < 4.78 is 5.38. The Morgan fingerprint density at radius 3 is 2.55 bits per heavy atom. The molecule has 0 heterocycles. The molecule has 176 valence electrons. The lowest BCUT2D eigenvalue weighted by molar-refractivity contribution is -0.145. The van der Waals surface area contributed by atoms with Gasteiger partial charge in [-0.3, -0.25) is 4.79 Å². The molecule has 0 spiro atoms. The second kappa shape index (κ2) is 8.19. The zero-order valence-electron chi connectivity index (χ0n) is 20.9. The van der Waals surface area contributed by atoms with Crippen molar-refractivity contribution in [1.29, 1.82) is 0 Å². The Balaban J connectivity index is 1.46. The standard InChI is InChI=1S/C28H46O3/c1-18(7-8-19(2)31-20(3)29)23-11-12-24-22-10-9-21-17-26(4,30)15-16-27(21,5)25(22)13-14-28(23,24)6/h9,18-19,22-25,30H,7-8,10-17H2,1-6H3/t18-,19+,22+,23-,24+,25+,26+,27+,28-/m1/s1. The summed E-state index contributed by atoms with van der Waals surface area (Å²) in [5.74, 6) is 3.82. The predicted molar refractivity (Wildman–Crippen MR) is 125 cm³/mol. The summed E-state index contributed by atoms with van der Waals surface area (Å²) in [5.41, 5.74) is 1.84. The highest BCUT2D eigenvalue weighted by Crippen LogP contribution is 2.67. The van der Waals surface area contributed by atoms with Gasteiger partial charge in [-0.1, -0.05) is 32.4 Å². The number of esters is 1. The first-order valence-electron chi connectivity index (χ1n) is 13.1. The third-order valence-corrected chi connectivity index (χ3v) is 10.5. The first-order valence-corrected chi connectivity index (χ1v) is 13.1. The van der Waals surface area contributed by atoms with Gasteiger partial charge in [-0.05, 0) is 118 Å². The van der Waals surface area contributed by atoms with E-state index in [4.69, 9.17) is 4.74 Å². The van der Waals surface area contributed by atoms with Gasteiger partial charge in [0.25, 0.3) is 0 Å². The van der Waals surface area contributed by atoms with E-state index in [1.54, 1.807) is 5.57 Å². The maximum atomic E-state index is 11.2. The zero-order chi connectivity index (χ0) is 22.6. The average Bonchev–Trinajstić information content (AvgIpc) is 3.03. The van der Waals surface area contributed by atoms with Gasteiger partial charge in [-0.15, -0.1) is 0 Å². The number of hydrogen-bond acceptors (Lipinski definition) is 3.